The molecule has 1 amide bonds. The number of amides is 1. The predicted octanol–water partition coefficient (Wildman–Crippen LogP) is 3.61. The first-order valence-electron chi connectivity index (χ1n) is 9.88. The van der Waals surface area contributed by atoms with E-state index in [0.717, 1.165) is 30.8 Å². The lowest BCUT2D eigenvalue weighted by atomic mass is 10.0. The van der Waals surface area contributed by atoms with Crippen LogP contribution in [-0.2, 0) is 11.2 Å². The fraction of sp³-hybridized carbons (Fsp3) is 0.304. The van der Waals surface area contributed by atoms with Gasteiger partial charge in [-0.15, -0.1) is 0 Å². The van der Waals surface area contributed by atoms with E-state index in [9.17, 15) is 4.79 Å². The Morgan fingerprint density at radius 2 is 1.75 bits per heavy atom. The second-order valence-electron chi connectivity index (χ2n) is 6.69. The van der Waals surface area contributed by atoms with Gasteiger partial charge < -0.3 is 5.32 Å². The third kappa shape index (κ3) is 4.87. The van der Waals surface area contributed by atoms with Crippen LogP contribution >= 0.6 is 0 Å². The van der Waals surface area contributed by atoms with Crippen molar-refractivity contribution in [2.24, 2.45) is 0 Å². The number of hydrogen-bond donors (Lipinski definition) is 1. The van der Waals surface area contributed by atoms with Crippen molar-refractivity contribution in [2.45, 2.75) is 26.3 Å². The van der Waals surface area contributed by atoms with Crippen LogP contribution < -0.4 is 5.32 Å². The number of likely N-dealkylation sites (N-methyl/N-ethyl adjacent to an activating group) is 1. The van der Waals surface area contributed by atoms with Gasteiger partial charge in [-0.2, -0.15) is 5.10 Å². The molecule has 146 valence electrons. The van der Waals surface area contributed by atoms with Crippen LogP contribution in [0.5, 0.6) is 0 Å². The standard InChI is InChI=1S/C23H28N4O/c1-3-26(4-2)22(20-9-6-5-7-10-20)23(28)24-17-15-19-11-13-21(14-12-19)27-18-8-16-25-27/h5-14,16,18,22H,3-4,15,17H2,1-2H3,(H,24,28). The minimum absolute atomic E-state index is 0.0584. The van der Waals surface area contributed by atoms with Crippen LogP contribution in [-0.4, -0.2) is 40.2 Å². The average molecular weight is 377 g/mol. The Bertz CT molecular complexity index is 840. The molecule has 5 heteroatoms. The number of aromatic nitrogens is 2. The topological polar surface area (TPSA) is 50.2 Å². The molecule has 0 aliphatic rings. The van der Waals surface area contributed by atoms with Crippen LogP contribution in [0.25, 0.3) is 5.69 Å². The summed E-state index contributed by atoms with van der Waals surface area (Å²) in [5.41, 5.74) is 3.26. The fourth-order valence-electron chi connectivity index (χ4n) is 3.42. The molecule has 5 nitrogen and oxygen atoms in total. The van der Waals surface area contributed by atoms with Crippen molar-refractivity contribution in [1.82, 2.24) is 20.0 Å². The summed E-state index contributed by atoms with van der Waals surface area (Å²) in [5, 5.41) is 7.36. The lowest BCUT2D eigenvalue weighted by Gasteiger charge is -2.29. The summed E-state index contributed by atoms with van der Waals surface area (Å²) in [6.07, 6.45) is 4.49. The van der Waals surface area contributed by atoms with Crippen LogP contribution in [0.3, 0.4) is 0 Å². The highest BCUT2D eigenvalue weighted by Crippen LogP contribution is 2.20. The Balaban J connectivity index is 1.60. The van der Waals surface area contributed by atoms with E-state index < -0.39 is 0 Å². The van der Waals surface area contributed by atoms with Crippen molar-refractivity contribution < 1.29 is 4.79 Å². The molecule has 0 spiro atoms. The second kappa shape index (κ2) is 9.85. The lowest BCUT2D eigenvalue weighted by molar-refractivity contribution is -0.126. The molecule has 3 aromatic rings. The van der Waals surface area contributed by atoms with Gasteiger partial charge in [0.25, 0.3) is 0 Å². The molecule has 1 aromatic heterocycles. The molecule has 1 N–H and O–H groups in total. The number of carbonyl (C=O) groups excluding carboxylic acids is 1. The summed E-state index contributed by atoms with van der Waals surface area (Å²) in [5.74, 6) is 0.0584. The molecule has 0 saturated heterocycles. The first kappa shape index (κ1) is 19.8. The zero-order valence-corrected chi connectivity index (χ0v) is 16.6. The maximum Gasteiger partial charge on any atom is 0.241 e. The van der Waals surface area contributed by atoms with Crippen LogP contribution in [0, 0.1) is 0 Å². The SMILES string of the molecule is CCN(CC)C(C(=O)NCCc1ccc(-n2cccn2)cc1)c1ccccc1. The summed E-state index contributed by atoms with van der Waals surface area (Å²) in [7, 11) is 0. The Morgan fingerprint density at radius 3 is 2.36 bits per heavy atom. The minimum Gasteiger partial charge on any atom is -0.354 e. The number of nitrogens with one attached hydrogen (secondary N) is 1. The summed E-state index contributed by atoms with van der Waals surface area (Å²) in [6.45, 7) is 6.46. The van der Waals surface area contributed by atoms with Gasteiger partial charge in [-0.1, -0.05) is 56.3 Å². The van der Waals surface area contributed by atoms with E-state index in [4.69, 9.17) is 0 Å². The summed E-state index contributed by atoms with van der Waals surface area (Å²) < 4.78 is 1.83. The van der Waals surface area contributed by atoms with Gasteiger partial charge in [0.15, 0.2) is 0 Å². The maximum atomic E-state index is 12.9. The van der Waals surface area contributed by atoms with Gasteiger partial charge in [-0.05, 0) is 48.8 Å². The number of nitrogens with zero attached hydrogens (tertiary/aromatic N) is 3. The van der Waals surface area contributed by atoms with Crippen LogP contribution in [0.2, 0.25) is 0 Å². The largest absolute Gasteiger partial charge is 0.354 e. The van der Waals surface area contributed by atoms with Crippen molar-refractivity contribution >= 4 is 5.91 Å². The van der Waals surface area contributed by atoms with Crippen molar-refractivity contribution in [1.29, 1.82) is 0 Å². The van der Waals surface area contributed by atoms with Crippen molar-refractivity contribution in [2.75, 3.05) is 19.6 Å². The Morgan fingerprint density at radius 1 is 1.04 bits per heavy atom. The number of hydrogen-bond acceptors (Lipinski definition) is 3. The van der Waals surface area contributed by atoms with E-state index in [0.29, 0.717) is 6.54 Å². The third-order valence-electron chi connectivity index (χ3n) is 4.96. The Labute approximate surface area is 167 Å². The molecule has 0 bridgehead atoms. The van der Waals surface area contributed by atoms with Gasteiger partial charge in [0.1, 0.15) is 6.04 Å². The third-order valence-corrected chi connectivity index (χ3v) is 4.96. The van der Waals surface area contributed by atoms with Crippen molar-refractivity contribution in [3.63, 3.8) is 0 Å². The molecular formula is C23H28N4O. The predicted molar refractivity (Wildman–Crippen MR) is 112 cm³/mol. The minimum atomic E-state index is -0.251. The lowest BCUT2D eigenvalue weighted by Crippen LogP contribution is -2.41. The van der Waals surface area contributed by atoms with Crippen molar-refractivity contribution in [3.05, 3.63) is 84.2 Å². The van der Waals surface area contributed by atoms with Crippen LogP contribution in [0.1, 0.15) is 31.0 Å². The Kier molecular flexibility index (Phi) is 6.98. The number of benzene rings is 2. The quantitative estimate of drug-likeness (QED) is 0.621. The van der Waals surface area contributed by atoms with E-state index in [1.165, 1.54) is 5.56 Å². The van der Waals surface area contributed by atoms with Gasteiger partial charge in [0.05, 0.1) is 5.69 Å². The molecular weight excluding hydrogens is 348 g/mol. The van der Waals surface area contributed by atoms with Gasteiger partial charge in [0.2, 0.25) is 5.91 Å². The van der Waals surface area contributed by atoms with Crippen molar-refractivity contribution in [3.8, 4) is 5.69 Å². The fourth-order valence-corrected chi connectivity index (χ4v) is 3.42. The van der Waals surface area contributed by atoms with E-state index in [2.05, 4.69) is 41.3 Å². The summed E-state index contributed by atoms with van der Waals surface area (Å²) >= 11 is 0. The normalized spacial score (nSPS) is 12.1. The maximum absolute atomic E-state index is 12.9. The molecule has 28 heavy (non-hydrogen) atoms. The molecule has 0 fully saturated rings. The zero-order chi connectivity index (χ0) is 19.8. The van der Waals surface area contributed by atoms with Gasteiger partial charge in [0, 0.05) is 18.9 Å². The highest BCUT2D eigenvalue weighted by atomic mass is 16.2. The smallest absolute Gasteiger partial charge is 0.241 e. The van der Waals surface area contributed by atoms with Crippen LogP contribution in [0.15, 0.2) is 73.1 Å². The van der Waals surface area contributed by atoms with E-state index in [1.54, 1.807) is 6.20 Å². The molecule has 0 saturated carbocycles. The molecule has 0 aliphatic heterocycles. The molecule has 1 unspecified atom stereocenters. The van der Waals surface area contributed by atoms with E-state index in [1.807, 2.05) is 59.4 Å². The van der Waals surface area contributed by atoms with Gasteiger partial charge in [-0.3, -0.25) is 9.69 Å². The van der Waals surface area contributed by atoms with E-state index >= 15 is 0 Å². The summed E-state index contributed by atoms with van der Waals surface area (Å²) in [4.78, 5) is 15.1. The summed E-state index contributed by atoms with van der Waals surface area (Å²) in [6, 6.07) is 19.9. The monoisotopic (exact) mass is 376 g/mol. The highest BCUT2D eigenvalue weighted by Gasteiger charge is 2.25. The van der Waals surface area contributed by atoms with Gasteiger partial charge >= 0.3 is 0 Å². The number of carbonyl (C=O) groups is 1. The molecule has 0 aliphatic carbocycles. The first-order chi connectivity index (χ1) is 13.7. The van der Waals surface area contributed by atoms with E-state index in [-0.39, 0.29) is 11.9 Å². The average Bonchev–Trinajstić information content (AvgIpc) is 3.28. The zero-order valence-electron chi connectivity index (χ0n) is 16.6. The Hall–Kier alpha value is -2.92. The second-order valence-corrected chi connectivity index (χ2v) is 6.69. The molecule has 0 radical (unpaired) electrons. The molecule has 3 rings (SSSR count). The molecule has 1 heterocycles. The van der Waals surface area contributed by atoms with Gasteiger partial charge in [-0.25, -0.2) is 4.68 Å². The molecule has 1 atom stereocenters. The van der Waals surface area contributed by atoms with Crippen LogP contribution in [0.4, 0.5) is 0 Å². The molecule has 2 aromatic carbocycles. The highest BCUT2D eigenvalue weighted by molar-refractivity contribution is 5.83. The number of rotatable bonds is 9. The first-order valence-corrected chi connectivity index (χ1v) is 9.88.